The van der Waals surface area contributed by atoms with Crippen LogP contribution in [0.1, 0.15) is 25.6 Å². The normalized spacial score (nSPS) is 21.9. The van der Waals surface area contributed by atoms with Crippen molar-refractivity contribution < 1.29 is 0 Å². The summed E-state index contributed by atoms with van der Waals surface area (Å²) in [6.45, 7) is 7.68. The van der Waals surface area contributed by atoms with Gasteiger partial charge in [0.1, 0.15) is 0 Å². The Hall–Kier alpha value is -1.05. The van der Waals surface area contributed by atoms with Crippen molar-refractivity contribution in [3.8, 4) is 0 Å². The summed E-state index contributed by atoms with van der Waals surface area (Å²) >= 11 is 0. The molecular weight excluding hydrogens is 242 g/mol. The molecule has 0 aliphatic carbocycles. The highest BCUT2D eigenvalue weighted by atomic mass is 15.5. The van der Waals surface area contributed by atoms with Crippen LogP contribution in [0.15, 0.2) is 0 Å². The summed E-state index contributed by atoms with van der Waals surface area (Å²) in [4.78, 5) is 4.72. The van der Waals surface area contributed by atoms with Crippen molar-refractivity contribution in [2.24, 2.45) is 5.73 Å². The number of hydrogen-bond acceptors (Lipinski definition) is 6. The number of nitrogens with zero attached hydrogens (tertiary/aromatic N) is 6. The van der Waals surface area contributed by atoms with E-state index in [-0.39, 0.29) is 0 Å². The number of rotatable bonds is 6. The van der Waals surface area contributed by atoms with Gasteiger partial charge in [0.15, 0.2) is 5.82 Å². The zero-order valence-corrected chi connectivity index (χ0v) is 12.0. The maximum Gasteiger partial charge on any atom is 0.165 e. The predicted octanol–water partition coefficient (Wildman–Crippen LogP) is -0.452. The molecule has 19 heavy (non-hydrogen) atoms. The van der Waals surface area contributed by atoms with Crippen molar-refractivity contribution in [1.82, 2.24) is 30.0 Å². The largest absolute Gasteiger partial charge is 0.329 e. The molecule has 7 heteroatoms. The first kappa shape index (κ1) is 14.4. The predicted molar refractivity (Wildman–Crippen MR) is 73.5 cm³/mol. The van der Waals surface area contributed by atoms with Crippen LogP contribution in [0.3, 0.4) is 0 Å². The number of nitrogens with two attached hydrogens (primary N) is 1. The van der Waals surface area contributed by atoms with E-state index in [2.05, 4.69) is 39.3 Å². The van der Waals surface area contributed by atoms with Gasteiger partial charge in [-0.15, -0.1) is 5.10 Å². The summed E-state index contributed by atoms with van der Waals surface area (Å²) in [6, 6.07) is 0.398. The highest BCUT2D eigenvalue weighted by Crippen LogP contribution is 2.11. The van der Waals surface area contributed by atoms with Crippen LogP contribution in [-0.2, 0) is 13.1 Å². The molecule has 1 aromatic heterocycles. The molecule has 0 saturated carbocycles. The van der Waals surface area contributed by atoms with Crippen LogP contribution in [0.5, 0.6) is 0 Å². The molecule has 1 atom stereocenters. The van der Waals surface area contributed by atoms with E-state index in [9.17, 15) is 0 Å². The third-order valence-electron chi connectivity index (χ3n) is 3.75. The molecule has 0 spiro atoms. The van der Waals surface area contributed by atoms with Gasteiger partial charge in [0.25, 0.3) is 0 Å². The summed E-state index contributed by atoms with van der Waals surface area (Å²) in [5.74, 6) is 0.955. The Morgan fingerprint density at radius 2 is 2.21 bits per heavy atom. The topological polar surface area (TPSA) is 76.1 Å². The molecule has 1 saturated heterocycles. The van der Waals surface area contributed by atoms with E-state index in [0.29, 0.717) is 12.6 Å². The Morgan fingerprint density at radius 3 is 2.95 bits per heavy atom. The average Bonchev–Trinajstić information content (AvgIpc) is 2.85. The Kier molecular flexibility index (Phi) is 5.24. The van der Waals surface area contributed by atoms with Crippen LogP contribution in [0.2, 0.25) is 0 Å². The number of tetrazole rings is 1. The van der Waals surface area contributed by atoms with E-state index in [1.807, 2.05) is 4.68 Å². The van der Waals surface area contributed by atoms with E-state index in [0.717, 1.165) is 51.4 Å². The Bertz CT molecular complexity index is 378. The van der Waals surface area contributed by atoms with Crippen molar-refractivity contribution in [1.29, 1.82) is 0 Å². The van der Waals surface area contributed by atoms with Gasteiger partial charge in [0.05, 0.1) is 6.54 Å². The van der Waals surface area contributed by atoms with Gasteiger partial charge in [-0.3, -0.25) is 4.90 Å². The second kappa shape index (κ2) is 6.93. The zero-order valence-electron chi connectivity index (χ0n) is 12.0. The second-order valence-electron chi connectivity index (χ2n) is 5.29. The highest BCUT2D eigenvalue weighted by Gasteiger charge is 2.25. The van der Waals surface area contributed by atoms with E-state index < -0.39 is 0 Å². The quantitative estimate of drug-likeness (QED) is 0.752. The van der Waals surface area contributed by atoms with Gasteiger partial charge < -0.3 is 10.6 Å². The van der Waals surface area contributed by atoms with Gasteiger partial charge in [0.2, 0.25) is 0 Å². The number of aromatic nitrogens is 4. The summed E-state index contributed by atoms with van der Waals surface area (Å²) in [5, 5.41) is 12.0. The number of hydrogen-bond donors (Lipinski definition) is 1. The first-order chi connectivity index (χ1) is 9.24. The van der Waals surface area contributed by atoms with Gasteiger partial charge >= 0.3 is 0 Å². The number of aryl methyl sites for hydroxylation is 1. The molecule has 2 heterocycles. The summed E-state index contributed by atoms with van der Waals surface area (Å²) in [5.41, 5.74) is 5.88. The maximum atomic E-state index is 5.88. The fourth-order valence-corrected chi connectivity index (χ4v) is 2.48. The standard InChI is InChI=1S/C12H25N7/c1-3-4-5-19-12(14-15-16-19)10-18-7-6-17(2)9-11(18)8-13/h11H,3-10,13H2,1-2H3. The SMILES string of the molecule is CCCCn1nnnc1CN1CCN(C)CC1CN. The first-order valence-corrected chi connectivity index (χ1v) is 7.12. The van der Waals surface area contributed by atoms with Crippen LogP contribution in [0, 0.1) is 0 Å². The number of unbranched alkanes of at least 4 members (excludes halogenated alkanes) is 1. The molecule has 2 N–H and O–H groups in total. The first-order valence-electron chi connectivity index (χ1n) is 7.12. The second-order valence-corrected chi connectivity index (χ2v) is 5.29. The Labute approximate surface area is 114 Å². The van der Waals surface area contributed by atoms with Crippen molar-refractivity contribution in [2.75, 3.05) is 33.2 Å². The molecule has 1 aliphatic heterocycles. The molecule has 1 aromatic rings. The molecule has 2 rings (SSSR count). The summed E-state index contributed by atoms with van der Waals surface area (Å²) < 4.78 is 1.93. The lowest BCUT2D eigenvalue weighted by atomic mass is 10.1. The maximum absolute atomic E-state index is 5.88. The summed E-state index contributed by atoms with van der Waals surface area (Å²) in [7, 11) is 2.14. The lowest BCUT2D eigenvalue weighted by Crippen LogP contribution is -2.54. The van der Waals surface area contributed by atoms with Crippen molar-refractivity contribution in [3.63, 3.8) is 0 Å². The average molecular weight is 267 g/mol. The van der Waals surface area contributed by atoms with Gasteiger partial charge in [-0.25, -0.2) is 4.68 Å². The highest BCUT2D eigenvalue weighted by molar-refractivity contribution is 4.88. The molecule has 1 aliphatic rings. The fraction of sp³-hybridized carbons (Fsp3) is 0.917. The minimum atomic E-state index is 0.398. The zero-order chi connectivity index (χ0) is 13.7. The molecule has 0 amide bonds. The van der Waals surface area contributed by atoms with Crippen LogP contribution in [0.25, 0.3) is 0 Å². The van der Waals surface area contributed by atoms with Crippen molar-refractivity contribution in [3.05, 3.63) is 5.82 Å². The minimum absolute atomic E-state index is 0.398. The lowest BCUT2D eigenvalue weighted by Gasteiger charge is -2.39. The molecule has 0 radical (unpaired) electrons. The molecule has 0 aromatic carbocycles. The lowest BCUT2D eigenvalue weighted by molar-refractivity contribution is 0.0843. The number of piperazine rings is 1. The van der Waals surface area contributed by atoms with Crippen LogP contribution in [0.4, 0.5) is 0 Å². The van der Waals surface area contributed by atoms with E-state index >= 15 is 0 Å². The van der Waals surface area contributed by atoms with Crippen LogP contribution in [-0.4, -0.2) is 69.3 Å². The monoisotopic (exact) mass is 267 g/mol. The van der Waals surface area contributed by atoms with Gasteiger partial charge in [-0.1, -0.05) is 13.3 Å². The molecule has 7 nitrogen and oxygen atoms in total. The van der Waals surface area contributed by atoms with Gasteiger partial charge in [-0.05, 0) is 23.9 Å². The Morgan fingerprint density at radius 1 is 1.37 bits per heavy atom. The van der Waals surface area contributed by atoms with Gasteiger partial charge in [0, 0.05) is 38.8 Å². The van der Waals surface area contributed by atoms with Crippen molar-refractivity contribution >= 4 is 0 Å². The number of likely N-dealkylation sites (N-methyl/N-ethyl adjacent to an activating group) is 1. The third kappa shape index (κ3) is 3.71. The minimum Gasteiger partial charge on any atom is -0.329 e. The van der Waals surface area contributed by atoms with E-state index in [1.54, 1.807) is 0 Å². The van der Waals surface area contributed by atoms with Crippen LogP contribution < -0.4 is 5.73 Å². The molecule has 1 fully saturated rings. The van der Waals surface area contributed by atoms with Gasteiger partial charge in [-0.2, -0.15) is 0 Å². The molecule has 108 valence electrons. The Balaban J connectivity index is 1.97. The smallest absolute Gasteiger partial charge is 0.165 e. The molecule has 1 unspecified atom stereocenters. The van der Waals surface area contributed by atoms with Crippen molar-refractivity contribution in [2.45, 2.75) is 38.9 Å². The van der Waals surface area contributed by atoms with E-state index in [4.69, 9.17) is 5.73 Å². The summed E-state index contributed by atoms with van der Waals surface area (Å²) in [6.07, 6.45) is 2.26. The van der Waals surface area contributed by atoms with E-state index in [1.165, 1.54) is 0 Å². The third-order valence-corrected chi connectivity index (χ3v) is 3.75. The molecule has 0 bridgehead atoms. The fourth-order valence-electron chi connectivity index (χ4n) is 2.48. The molecular formula is C12H25N7. The van der Waals surface area contributed by atoms with Crippen LogP contribution >= 0.6 is 0 Å².